The first kappa shape index (κ1) is 23.0. The van der Waals surface area contributed by atoms with Crippen LogP contribution in [0.2, 0.25) is 0 Å². The van der Waals surface area contributed by atoms with E-state index in [1.807, 2.05) is 6.07 Å². The van der Waals surface area contributed by atoms with Gasteiger partial charge in [-0.3, -0.25) is 4.79 Å². The van der Waals surface area contributed by atoms with E-state index in [2.05, 4.69) is 17.6 Å². The standard InChI is InChI=1S/C21H32N2O6/c1-15(12-17-14-29-17)16(8-9-22-21(25)26)13-23-20(24)18-6-3-4-7-19(18)28-11-5-10-27-2/h3-4,6-7,15-17,22H,5,8-14H2,1-2H3,(H,23,24)(H,25,26). The van der Waals surface area contributed by atoms with Gasteiger partial charge in [-0.15, -0.1) is 0 Å². The van der Waals surface area contributed by atoms with Crippen LogP contribution in [0.1, 0.15) is 36.5 Å². The van der Waals surface area contributed by atoms with Crippen molar-refractivity contribution in [2.24, 2.45) is 11.8 Å². The SMILES string of the molecule is COCCCOc1ccccc1C(=O)NCC(CCNC(=O)O)C(C)CC1CO1. The van der Waals surface area contributed by atoms with E-state index in [0.717, 1.165) is 19.4 Å². The van der Waals surface area contributed by atoms with Gasteiger partial charge in [-0.2, -0.15) is 0 Å². The van der Waals surface area contributed by atoms with Crippen molar-refractivity contribution in [3.8, 4) is 5.75 Å². The Bertz CT molecular complexity index is 650. The Hall–Kier alpha value is -2.32. The molecule has 2 amide bonds. The van der Waals surface area contributed by atoms with Crippen LogP contribution in [0.25, 0.3) is 0 Å². The number of carbonyl (C=O) groups is 2. The summed E-state index contributed by atoms with van der Waals surface area (Å²) in [5.41, 5.74) is 0.491. The second-order valence-electron chi connectivity index (χ2n) is 7.35. The van der Waals surface area contributed by atoms with Gasteiger partial charge in [0.25, 0.3) is 5.91 Å². The number of hydrogen-bond acceptors (Lipinski definition) is 5. The normalized spacial score (nSPS) is 17.2. The molecule has 0 aromatic heterocycles. The van der Waals surface area contributed by atoms with Crippen LogP contribution in [-0.2, 0) is 9.47 Å². The predicted octanol–water partition coefficient (Wildman–Crippen LogP) is 2.53. The maximum atomic E-state index is 12.7. The van der Waals surface area contributed by atoms with Gasteiger partial charge in [0.2, 0.25) is 0 Å². The largest absolute Gasteiger partial charge is 0.493 e. The number of benzene rings is 1. The summed E-state index contributed by atoms with van der Waals surface area (Å²) in [6.45, 7) is 4.79. The summed E-state index contributed by atoms with van der Waals surface area (Å²) in [5.74, 6) is 0.798. The molecule has 1 fully saturated rings. The molecule has 0 bridgehead atoms. The van der Waals surface area contributed by atoms with E-state index in [9.17, 15) is 9.59 Å². The van der Waals surface area contributed by atoms with Gasteiger partial charge >= 0.3 is 6.09 Å². The van der Waals surface area contributed by atoms with Crippen molar-refractivity contribution in [2.75, 3.05) is 40.0 Å². The average Bonchev–Trinajstić information content (AvgIpc) is 3.51. The van der Waals surface area contributed by atoms with E-state index in [1.54, 1.807) is 25.3 Å². The molecular weight excluding hydrogens is 376 g/mol. The van der Waals surface area contributed by atoms with Crippen molar-refractivity contribution in [1.29, 1.82) is 0 Å². The van der Waals surface area contributed by atoms with Crippen LogP contribution in [0, 0.1) is 11.8 Å². The molecule has 1 saturated heterocycles. The van der Waals surface area contributed by atoms with E-state index >= 15 is 0 Å². The number of nitrogens with one attached hydrogen (secondary N) is 2. The van der Waals surface area contributed by atoms with Crippen molar-refractivity contribution in [1.82, 2.24) is 10.6 Å². The van der Waals surface area contributed by atoms with Crippen LogP contribution < -0.4 is 15.4 Å². The first-order chi connectivity index (χ1) is 14.0. The summed E-state index contributed by atoms with van der Waals surface area (Å²) in [6, 6.07) is 7.16. The molecule has 1 aliphatic heterocycles. The quantitative estimate of drug-likeness (QED) is 0.322. The second kappa shape index (κ2) is 12.3. The number of epoxide rings is 1. The summed E-state index contributed by atoms with van der Waals surface area (Å²) in [4.78, 5) is 23.5. The molecule has 0 aliphatic carbocycles. The lowest BCUT2D eigenvalue weighted by molar-refractivity contribution is 0.0934. The number of hydrogen-bond donors (Lipinski definition) is 3. The van der Waals surface area contributed by atoms with E-state index in [-0.39, 0.29) is 17.9 Å². The molecule has 29 heavy (non-hydrogen) atoms. The zero-order valence-corrected chi connectivity index (χ0v) is 17.2. The molecule has 0 spiro atoms. The number of carbonyl (C=O) groups excluding carboxylic acids is 1. The number of amides is 2. The van der Waals surface area contributed by atoms with E-state index in [0.29, 0.717) is 50.0 Å². The highest BCUT2D eigenvalue weighted by atomic mass is 16.6. The lowest BCUT2D eigenvalue weighted by Crippen LogP contribution is -2.35. The van der Waals surface area contributed by atoms with Gasteiger partial charge in [0.1, 0.15) is 5.75 Å². The highest BCUT2D eigenvalue weighted by molar-refractivity contribution is 5.96. The molecule has 0 saturated carbocycles. The third-order valence-electron chi connectivity index (χ3n) is 5.04. The number of para-hydroxylation sites is 1. The smallest absolute Gasteiger partial charge is 0.404 e. The van der Waals surface area contributed by atoms with E-state index in [4.69, 9.17) is 19.3 Å². The number of rotatable bonds is 14. The summed E-state index contributed by atoms with van der Waals surface area (Å²) in [5, 5.41) is 14.2. The molecule has 0 radical (unpaired) electrons. The molecule has 1 heterocycles. The Balaban J connectivity index is 1.91. The van der Waals surface area contributed by atoms with E-state index < -0.39 is 6.09 Å². The first-order valence-electron chi connectivity index (χ1n) is 10.1. The summed E-state index contributed by atoms with van der Waals surface area (Å²) >= 11 is 0. The first-order valence-corrected chi connectivity index (χ1v) is 10.1. The topological polar surface area (TPSA) is 109 Å². The minimum atomic E-state index is -1.04. The van der Waals surface area contributed by atoms with Gasteiger partial charge in [-0.05, 0) is 36.8 Å². The van der Waals surface area contributed by atoms with Crippen LogP contribution >= 0.6 is 0 Å². The lowest BCUT2D eigenvalue weighted by atomic mass is 9.87. The molecular formula is C21H32N2O6. The molecule has 2 rings (SSSR count). The predicted molar refractivity (Wildman–Crippen MR) is 108 cm³/mol. The lowest BCUT2D eigenvalue weighted by Gasteiger charge is -2.24. The number of methoxy groups -OCH3 is 1. The monoisotopic (exact) mass is 408 g/mol. The van der Waals surface area contributed by atoms with Gasteiger partial charge in [-0.1, -0.05) is 19.1 Å². The third kappa shape index (κ3) is 8.70. The van der Waals surface area contributed by atoms with E-state index in [1.165, 1.54) is 0 Å². The second-order valence-corrected chi connectivity index (χ2v) is 7.35. The van der Waals surface area contributed by atoms with Gasteiger partial charge in [-0.25, -0.2) is 4.79 Å². The number of ether oxygens (including phenoxy) is 3. The molecule has 3 N–H and O–H groups in total. The van der Waals surface area contributed by atoms with Crippen molar-refractivity contribution in [2.45, 2.75) is 32.3 Å². The van der Waals surface area contributed by atoms with Crippen LogP contribution in [0.3, 0.4) is 0 Å². The Morgan fingerprint density at radius 1 is 1.28 bits per heavy atom. The van der Waals surface area contributed by atoms with Gasteiger partial charge in [0, 0.05) is 33.2 Å². The Labute approximate surface area is 171 Å². The van der Waals surface area contributed by atoms with Crippen molar-refractivity contribution >= 4 is 12.0 Å². The molecule has 8 heteroatoms. The molecule has 8 nitrogen and oxygen atoms in total. The Morgan fingerprint density at radius 3 is 2.72 bits per heavy atom. The van der Waals surface area contributed by atoms with Crippen LogP contribution in [0.5, 0.6) is 5.75 Å². The van der Waals surface area contributed by atoms with Crippen LogP contribution in [0.15, 0.2) is 24.3 Å². The summed E-state index contributed by atoms with van der Waals surface area (Å²) in [7, 11) is 1.64. The van der Waals surface area contributed by atoms with Crippen LogP contribution in [-0.4, -0.2) is 63.2 Å². The van der Waals surface area contributed by atoms with Crippen molar-refractivity contribution in [3.63, 3.8) is 0 Å². The zero-order chi connectivity index (χ0) is 21.1. The Kier molecular flexibility index (Phi) is 9.73. The molecule has 3 atom stereocenters. The van der Waals surface area contributed by atoms with Gasteiger partial charge < -0.3 is 30.0 Å². The maximum Gasteiger partial charge on any atom is 0.404 e. The van der Waals surface area contributed by atoms with Crippen LogP contribution in [0.4, 0.5) is 4.79 Å². The fraction of sp³-hybridized carbons (Fsp3) is 0.619. The number of carboxylic acid groups (broad SMARTS) is 1. The summed E-state index contributed by atoms with van der Waals surface area (Å²) in [6.07, 6.45) is 1.55. The third-order valence-corrected chi connectivity index (χ3v) is 5.04. The molecule has 1 aromatic rings. The van der Waals surface area contributed by atoms with Gasteiger partial charge in [0.05, 0.1) is 24.9 Å². The molecule has 1 aromatic carbocycles. The minimum absolute atomic E-state index is 0.143. The fourth-order valence-corrected chi connectivity index (χ4v) is 3.25. The average molecular weight is 408 g/mol. The van der Waals surface area contributed by atoms with Gasteiger partial charge in [0.15, 0.2) is 0 Å². The highest BCUT2D eigenvalue weighted by Gasteiger charge is 2.29. The molecule has 162 valence electrons. The molecule has 1 aliphatic rings. The zero-order valence-electron chi connectivity index (χ0n) is 17.2. The fourth-order valence-electron chi connectivity index (χ4n) is 3.25. The van der Waals surface area contributed by atoms with Crippen molar-refractivity contribution in [3.05, 3.63) is 29.8 Å². The molecule has 3 unspecified atom stereocenters. The maximum absolute atomic E-state index is 12.7. The Morgan fingerprint density at radius 2 is 2.03 bits per heavy atom. The summed E-state index contributed by atoms with van der Waals surface area (Å²) < 4.78 is 16.1. The highest BCUT2D eigenvalue weighted by Crippen LogP contribution is 2.26. The minimum Gasteiger partial charge on any atom is -0.493 e. The van der Waals surface area contributed by atoms with Crippen molar-refractivity contribution < 1.29 is 28.9 Å².